The summed E-state index contributed by atoms with van der Waals surface area (Å²) >= 11 is 0. The van der Waals surface area contributed by atoms with Crippen LogP contribution in [0.5, 0.6) is 0 Å². The largest absolute Gasteiger partial charge is 0.478 e. The lowest BCUT2D eigenvalue weighted by Gasteiger charge is -2.10. The Morgan fingerprint density at radius 3 is 2.27 bits per heavy atom. The van der Waals surface area contributed by atoms with E-state index in [1.165, 1.54) is 23.3 Å². The molecule has 3 N–H and O–H groups in total. The summed E-state index contributed by atoms with van der Waals surface area (Å²) in [6.45, 7) is 4.44. The fourth-order valence-electron chi connectivity index (χ4n) is 2.00. The second-order valence-electron chi connectivity index (χ2n) is 5.02. The molecule has 0 radical (unpaired) electrons. The van der Waals surface area contributed by atoms with E-state index < -0.39 is 5.97 Å². The number of ether oxygens (including phenoxy) is 1. The van der Waals surface area contributed by atoms with Crippen molar-refractivity contribution in [3.05, 3.63) is 70.3 Å². The molecule has 0 bridgehead atoms. The summed E-state index contributed by atoms with van der Waals surface area (Å²) in [5.41, 5.74) is 4.27. The van der Waals surface area contributed by atoms with Gasteiger partial charge in [0.1, 0.15) is 6.61 Å². The number of hydrogen-bond acceptors (Lipinski definition) is 4. The highest BCUT2D eigenvalue weighted by Gasteiger charge is 2.08. The predicted octanol–water partition coefficient (Wildman–Crippen LogP) is 2.84. The van der Waals surface area contributed by atoms with Crippen LogP contribution < -0.4 is 5.84 Å². The van der Waals surface area contributed by atoms with Crippen molar-refractivity contribution in [3.63, 3.8) is 0 Å². The van der Waals surface area contributed by atoms with Gasteiger partial charge in [-0.3, -0.25) is 0 Å². The lowest BCUT2D eigenvalue weighted by Crippen LogP contribution is -2.10. The van der Waals surface area contributed by atoms with Crippen LogP contribution >= 0.6 is 0 Å². The number of carboxylic acid groups (broad SMARTS) is 1. The summed E-state index contributed by atoms with van der Waals surface area (Å²) in [5, 5.41) is 12.5. The van der Waals surface area contributed by atoms with Crippen molar-refractivity contribution in [1.82, 2.24) is 0 Å². The smallest absolute Gasteiger partial charge is 0.335 e. The quantitative estimate of drug-likeness (QED) is 0.393. The molecule has 22 heavy (non-hydrogen) atoms. The van der Waals surface area contributed by atoms with Crippen molar-refractivity contribution >= 4 is 11.9 Å². The summed E-state index contributed by atoms with van der Waals surface area (Å²) in [5.74, 6) is 4.66. The monoisotopic (exact) mass is 298 g/mol. The van der Waals surface area contributed by atoms with Gasteiger partial charge in [-0.1, -0.05) is 18.2 Å². The van der Waals surface area contributed by atoms with E-state index in [4.69, 9.17) is 15.7 Å². The Balaban J connectivity index is 2.09. The standard InChI is InChI=1S/C17H18N2O3/c1-11-3-4-13(9-12(11)2)10-22-16(19-18)14-5-7-15(8-6-14)17(20)21/h3-9H,10,18H2,1-2H3,(H,20,21)/b19-16-. The number of carbonyl (C=O) groups is 1. The maximum atomic E-state index is 10.8. The highest BCUT2D eigenvalue weighted by Crippen LogP contribution is 2.13. The van der Waals surface area contributed by atoms with Gasteiger partial charge in [0.05, 0.1) is 5.56 Å². The highest BCUT2D eigenvalue weighted by molar-refractivity contribution is 5.95. The van der Waals surface area contributed by atoms with Crippen molar-refractivity contribution in [2.45, 2.75) is 20.5 Å². The average Bonchev–Trinajstić information content (AvgIpc) is 2.52. The zero-order valence-electron chi connectivity index (χ0n) is 12.5. The highest BCUT2D eigenvalue weighted by atomic mass is 16.5. The van der Waals surface area contributed by atoms with E-state index >= 15 is 0 Å². The summed E-state index contributed by atoms with van der Waals surface area (Å²) in [6.07, 6.45) is 0. The third-order valence-electron chi connectivity index (χ3n) is 3.44. The second-order valence-corrected chi connectivity index (χ2v) is 5.02. The zero-order valence-corrected chi connectivity index (χ0v) is 12.5. The lowest BCUT2D eigenvalue weighted by atomic mass is 10.1. The first-order valence-electron chi connectivity index (χ1n) is 6.82. The van der Waals surface area contributed by atoms with Gasteiger partial charge < -0.3 is 15.7 Å². The fourth-order valence-corrected chi connectivity index (χ4v) is 2.00. The number of nitrogens with zero attached hydrogens (tertiary/aromatic N) is 1. The molecule has 0 aliphatic rings. The van der Waals surface area contributed by atoms with Crippen LogP contribution in [0.15, 0.2) is 47.6 Å². The molecule has 0 aromatic heterocycles. The van der Waals surface area contributed by atoms with Gasteiger partial charge in [-0.2, -0.15) is 0 Å². The molecule has 0 fully saturated rings. The first kappa shape index (κ1) is 15.6. The van der Waals surface area contributed by atoms with Crippen molar-refractivity contribution in [1.29, 1.82) is 0 Å². The van der Waals surface area contributed by atoms with Crippen LogP contribution in [-0.4, -0.2) is 17.0 Å². The molecule has 0 heterocycles. The number of carboxylic acids is 1. The third-order valence-corrected chi connectivity index (χ3v) is 3.44. The van der Waals surface area contributed by atoms with Crippen molar-refractivity contribution < 1.29 is 14.6 Å². The predicted molar refractivity (Wildman–Crippen MR) is 84.8 cm³/mol. The van der Waals surface area contributed by atoms with Crippen LogP contribution in [0, 0.1) is 13.8 Å². The minimum Gasteiger partial charge on any atom is -0.478 e. The first-order chi connectivity index (χ1) is 10.5. The summed E-state index contributed by atoms with van der Waals surface area (Å²) in [6, 6.07) is 12.3. The van der Waals surface area contributed by atoms with E-state index in [0.717, 1.165) is 5.56 Å². The van der Waals surface area contributed by atoms with Crippen LogP contribution in [0.3, 0.4) is 0 Å². The Hall–Kier alpha value is -2.82. The van der Waals surface area contributed by atoms with E-state index in [2.05, 4.69) is 18.1 Å². The molecule has 2 aromatic carbocycles. The van der Waals surface area contributed by atoms with Gasteiger partial charge in [0.2, 0.25) is 5.90 Å². The Morgan fingerprint density at radius 1 is 1.09 bits per heavy atom. The molecule has 5 nitrogen and oxygen atoms in total. The number of nitrogens with two attached hydrogens (primary N) is 1. The SMILES string of the molecule is Cc1ccc(CO/C(=N\N)c2ccc(C(=O)O)cc2)cc1C. The summed E-state index contributed by atoms with van der Waals surface area (Å²) in [7, 11) is 0. The molecule has 0 atom stereocenters. The van der Waals surface area contributed by atoms with Gasteiger partial charge in [-0.25, -0.2) is 4.79 Å². The number of aryl methyl sites for hydroxylation is 2. The minimum absolute atomic E-state index is 0.203. The number of hydrazone groups is 1. The summed E-state index contributed by atoms with van der Waals surface area (Å²) in [4.78, 5) is 10.8. The molecule has 0 saturated heterocycles. The van der Waals surface area contributed by atoms with Crippen molar-refractivity contribution in [2.75, 3.05) is 0 Å². The van der Waals surface area contributed by atoms with Gasteiger partial charge >= 0.3 is 5.97 Å². The number of rotatable bonds is 4. The first-order valence-corrected chi connectivity index (χ1v) is 6.82. The zero-order chi connectivity index (χ0) is 16.1. The van der Waals surface area contributed by atoms with E-state index in [9.17, 15) is 4.79 Å². The summed E-state index contributed by atoms with van der Waals surface area (Å²) < 4.78 is 5.64. The van der Waals surface area contributed by atoms with Gasteiger partial charge in [-0.05, 0) is 54.8 Å². The van der Waals surface area contributed by atoms with Crippen molar-refractivity contribution in [3.8, 4) is 0 Å². The number of aromatic carboxylic acids is 1. The lowest BCUT2D eigenvalue weighted by molar-refractivity contribution is 0.0697. The Morgan fingerprint density at radius 2 is 1.73 bits per heavy atom. The van der Waals surface area contributed by atoms with E-state index in [1.54, 1.807) is 12.1 Å². The molecule has 2 aromatic rings. The Bertz CT molecular complexity index is 706. The van der Waals surface area contributed by atoms with Crippen LogP contribution in [0.2, 0.25) is 0 Å². The molecule has 0 spiro atoms. The van der Waals surface area contributed by atoms with Gasteiger partial charge in [0, 0.05) is 5.56 Å². The molecule has 2 rings (SSSR count). The van der Waals surface area contributed by atoms with Crippen molar-refractivity contribution in [2.24, 2.45) is 10.9 Å². The molecule has 0 amide bonds. The molecule has 0 unspecified atom stereocenters. The molecule has 0 aliphatic heterocycles. The topological polar surface area (TPSA) is 84.9 Å². The molecule has 114 valence electrons. The van der Waals surface area contributed by atoms with Crippen LogP contribution in [0.25, 0.3) is 0 Å². The Kier molecular flexibility index (Phi) is 4.78. The number of hydrogen-bond donors (Lipinski definition) is 2. The minimum atomic E-state index is -0.978. The van der Waals surface area contributed by atoms with Crippen LogP contribution in [-0.2, 0) is 11.3 Å². The fraction of sp³-hybridized carbons (Fsp3) is 0.176. The second kappa shape index (κ2) is 6.76. The third kappa shape index (κ3) is 3.63. The maximum absolute atomic E-state index is 10.8. The van der Waals surface area contributed by atoms with E-state index in [0.29, 0.717) is 12.2 Å². The van der Waals surface area contributed by atoms with E-state index in [1.807, 2.05) is 19.1 Å². The van der Waals surface area contributed by atoms with Gasteiger partial charge in [0.25, 0.3) is 0 Å². The molecular weight excluding hydrogens is 280 g/mol. The van der Waals surface area contributed by atoms with Crippen LogP contribution in [0.1, 0.15) is 32.6 Å². The Labute approximate surface area is 129 Å². The van der Waals surface area contributed by atoms with Gasteiger partial charge in [0.15, 0.2) is 0 Å². The van der Waals surface area contributed by atoms with Gasteiger partial charge in [-0.15, -0.1) is 5.10 Å². The van der Waals surface area contributed by atoms with Crippen LogP contribution in [0.4, 0.5) is 0 Å². The molecule has 0 saturated carbocycles. The number of benzene rings is 2. The molecular formula is C17H18N2O3. The molecule has 5 heteroatoms. The van der Waals surface area contributed by atoms with E-state index in [-0.39, 0.29) is 11.5 Å². The average molecular weight is 298 g/mol. The normalized spacial score (nSPS) is 11.3. The maximum Gasteiger partial charge on any atom is 0.335 e. The molecule has 0 aliphatic carbocycles.